The van der Waals surface area contributed by atoms with Crippen molar-refractivity contribution in [3.05, 3.63) is 64.1 Å². The summed E-state index contributed by atoms with van der Waals surface area (Å²) in [6.45, 7) is 0. The number of nitrogens with zero attached hydrogens (tertiary/aromatic N) is 1. The predicted molar refractivity (Wildman–Crippen MR) is 109 cm³/mol. The Morgan fingerprint density at radius 2 is 1.75 bits per heavy atom. The summed E-state index contributed by atoms with van der Waals surface area (Å²) in [7, 11) is 1.54. The van der Waals surface area contributed by atoms with Gasteiger partial charge < -0.3 is 14.9 Å². The molecule has 9 heteroatoms. The first-order valence-corrected chi connectivity index (χ1v) is 9.06. The fourth-order valence-electron chi connectivity index (χ4n) is 2.56. The third kappa shape index (κ3) is 3.90. The molecule has 0 aromatic heterocycles. The molecule has 2 aromatic carbocycles. The second-order valence-electron chi connectivity index (χ2n) is 5.67. The largest absolute Gasteiger partial charge is 0.497 e. The number of carboxylic acid groups (broad SMARTS) is 2. The number of methoxy groups -OCH3 is 1. The van der Waals surface area contributed by atoms with E-state index in [9.17, 15) is 24.6 Å². The first kappa shape index (κ1) is 19.6. The zero-order chi connectivity index (χ0) is 20.4. The lowest BCUT2D eigenvalue weighted by Gasteiger charge is -2.16. The van der Waals surface area contributed by atoms with Gasteiger partial charge in [0.2, 0.25) is 0 Å². The maximum Gasteiger partial charge on any atom is 0.335 e. The van der Waals surface area contributed by atoms with E-state index in [1.165, 1.54) is 19.2 Å². The van der Waals surface area contributed by atoms with E-state index in [-0.39, 0.29) is 21.1 Å². The maximum absolute atomic E-state index is 12.9. The highest BCUT2D eigenvalue weighted by atomic mass is 32.2. The van der Waals surface area contributed by atoms with Crippen molar-refractivity contribution >= 4 is 57.9 Å². The van der Waals surface area contributed by atoms with Crippen LogP contribution < -0.4 is 9.64 Å². The van der Waals surface area contributed by atoms with Gasteiger partial charge in [-0.15, -0.1) is 0 Å². The minimum atomic E-state index is -1.30. The van der Waals surface area contributed by atoms with Gasteiger partial charge in [-0.2, -0.15) is 0 Å². The van der Waals surface area contributed by atoms with Crippen LogP contribution in [0.4, 0.5) is 5.69 Å². The number of benzene rings is 2. The molecule has 0 saturated carbocycles. The van der Waals surface area contributed by atoms with E-state index in [0.29, 0.717) is 10.7 Å². The van der Waals surface area contributed by atoms with Crippen LogP contribution in [0.25, 0.3) is 6.08 Å². The van der Waals surface area contributed by atoms with Crippen molar-refractivity contribution in [2.45, 2.75) is 0 Å². The van der Waals surface area contributed by atoms with Crippen LogP contribution in [0.3, 0.4) is 0 Å². The highest BCUT2D eigenvalue weighted by Crippen LogP contribution is 2.37. The quantitative estimate of drug-likeness (QED) is 0.565. The third-order valence-electron chi connectivity index (χ3n) is 3.86. The van der Waals surface area contributed by atoms with Crippen molar-refractivity contribution < 1.29 is 29.3 Å². The van der Waals surface area contributed by atoms with E-state index in [1.54, 1.807) is 30.3 Å². The van der Waals surface area contributed by atoms with E-state index in [2.05, 4.69) is 0 Å². The van der Waals surface area contributed by atoms with Gasteiger partial charge in [-0.05, 0) is 42.0 Å². The Bertz CT molecular complexity index is 1010. The highest BCUT2D eigenvalue weighted by molar-refractivity contribution is 8.27. The Kier molecular flexibility index (Phi) is 5.48. The van der Waals surface area contributed by atoms with Gasteiger partial charge in [0.1, 0.15) is 5.75 Å². The maximum atomic E-state index is 12.9. The van der Waals surface area contributed by atoms with Gasteiger partial charge >= 0.3 is 11.9 Å². The minimum Gasteiger partial charge on any atom is -0.497 e. The van der Waals surface area contributed by atoms with Gasteiger partial charge in [-0.1, -0.05) is 36.1 Å². The summed E-state index contributed by atoms with van der Waals surface area (Å²) in [5, 5.41) is 18.5. The van der Waals surface area contributed by atoms with Crippen molar-refractivity contribution in [3.8, 4) is 5.75 Å². The number of carbonyl (C=O) groups is 3. The second kappa shape index (κ2) is 7.83. The standard InChI is InChI=1S/C19H13NO6S2/c1-26-14-4-2-3-10(5-14)6-15-16(21)20(19(27)28-15)13-8-11(17(22)23)7-12(9-13)18(24)25/h2-9H,1H3,(H,22,23)(H,24,25)/b15-6-. The number of aromatic carboxylic acids is 2. The Balaban J connectivity index is 2.01. The molecule has 142 valence electrons. The van der Waals surface area contributed by atoms with Crippen molar-refractivity contribution in [3.63, 3.8) is 0 Å². The van der Waals surface area contributed by atoms with Crippen LogP contribution in [0.1, 0.15) is 26.3 Å². The monoisotopic (exact) mass is 415 g/mol. The molecule has 1 saturated heterocycles. The van der Waals surface area contributed by atoms with Crippen LogP contribution in [0.5, 0.6) is 5.75 Å². The van der Waals surface area contributed by atoms with Gasteiger partial charge in [0.05, 0.1) is 28.8 Å². The fraction of sp³-hybridized carbons (Fsp3) is 0.0526. The number of carboxylic acids is 2. The zero-order valence-corrected chi connectivity index (χ0v) is 16.0. The second-order valence-corrected chi connectivity index (χ2v) is 7.35. The van der Waals surface area contributed by atoms with Crippen molar-refractivity contribution in [2.24, 2.45) is 0 Å². The van der Waals surface area contributed by atoms with Gasteiger partial charge in [0.25, 0.3) is 5.91 Å². The molecular formula is C19H13NO6S2. The minimum absolute atomic E-state index is 0.0915. The van der Waals surface area contributed by atoms with Crippen LogP contribution in [-0.2, 0) is 4.79 Å². The summed E-state index contributed by atoms with van der Waals surface area (Å²) >= 11 is 6.31. The average molecular weight is 415 g/mol. The van der Waals surface area contributed by atoms with E-state index in [4.69, 9.17) is 17.0 Å². The summed E-state index contributed by atoms with van der Waals surface area (Å²) in [4.78, 5) is 36.9. The number of ether oxygens (including phenoxy) is 1. The molecule has 0 radical (unpaired) electrons. The smallest absolute Gasteiger partial charge is 0.335 e. The van der Waals surface area contributed by atoms with Crippen LogP contribution in [0.15, 0.2) is 47.4 Å². The molecule has 1 aliphatic heterocycles. The molecule has 0 spiro atoms. The lowest BCUT2D eigenvalue weighted by Crippen LogP contribution is -2.28. The van der Waals surface area contributed by atoms with Crippen LogP contribution in [0, 0.1) is 0 Å². The van der Waals surface area contributed by atoms with Gasteiger partial charge in [-0.25, -0.2) is 9.59 Å². The normalized spacial score (nSPS) is 15.2. The topological polar surface area (TPSA) is 104 Å². The Hall–Kier alpha value is -3.17. The van der Waals surface area contributed by atoms with Crippen molar-refractivity contribution in [1.29, 1.82) is 0 Å². The Morgan fingerprint density at radius 3 is 2.32 bits per heavy atom. The Morgan fingerprint density at radius 1 is 1.11 bits per heavy atom. The predicted octanol–water partition coefficient (Wildman–Crippen LogP) is 3.50. The zero-order valence-electron chi connectivity index (χ0n) is 14.4. The fourth-order valence-corrected chi connectivity index (χ4v) is 3.86. The summed E-state index contributed by atoms with van der Waals surface area (Å²) in [6, 6.07) is 10.6. The number of hydrogen-bond acceptors (Lipinski definition) is 6. The van der Waals surface area contributed by atoms with Gasteiger partial charge in [0, 0.05) is 0 Å². The summed E-state index contributed by atoms with van der Waals surface area (Å²) in [5.74, 6) is -2.44. The van der Waals surface area contributed by atoms with E-state index >= 15 is 0 Å². The average Bonchev–Trinajstić information content (AvgIpc) is 2.94. The van der Waals surface area contributed by atoms with Gasteiger partial charge in [-0.3, -0.25) is 9.69 Å². The first-order chi connectivity index (χ1) is 13.3. The molecular weight excluding hydrogens is 402 g/mol. The molecule has 2 aromatic rings. The lowest BCUT2D eigenvalue weighted by atomic mass is 10.1. The molecule has 1 fully saturated rings. The third-order valence-corrected chi connectivity index (χ3v) is 5.16. The summed E-state index contributed by atoms with van der Waals surface area (Å²) < 4.78 is 5.34. The summed E-state index contributed by atoms with van der Waals surface area (Å²) in [6.07, 6.45) is 1.64. The number of hydrogen-bond donors (Lipinski definition) is 2. The molecule has 0 aliphatic carbocycles. The molecule has 0 bridgehead atoms. The molecule has 1 heterocycles. The van der Waals surface area contributed by atoms with Crippen molar-refractivity contribution in [1.82, 2.24) is 0 Å². The highest BCUT2D eigenvalue weighted by Gasteiger charge is 2.34. The van der Waals surface area contributed by atoms with Crippen molar-refractivity contribution in [2.75, 3.05) is 12.0 Å². The SMILES string of the molecule is COc1cccc(/C=C2\SC(=S)N(c3cc(C(=O)O)cc(C(=O)O)c3)C2=O)c1. The lowest BCUT2D eigenvalue weighted by molar-refractivity contribution is -0.113. The number of thiocarbonyl (C=S) groups is 1. The number of anilines is 1. The van der Waals surface area contributed by atoms with Crippen LogP contribution in [0.2, 0.25) is 0 Å². The number of carbonyl (C=O) groups excluding carboxylic acids is 1. The Labute approximate surface area is 169 Å². The molecule has 3 rings (SSSR count). The van der Waals surface area contributed by atoms with E-state index in [1.807, 2.05) is 0 Å². The molecule has 1 aliphatic rings. The molecule has 28 heavy (non-hydrogen) atoms. The number of thioether (sulfide) groups is 1. The molecule has 0 unspecified atom stereocenters. The molecule has 0 atom stereocenters. The molecule has 7 nitrogen and oxygen atoms in total. The first-order valence-electron chi connectivity index (χ1n) is 7.84. The van der Waals surface area contributed by atoms with Crippen LogP contribution in [-0.4, -0.2) is 39.5 Å². The van der Waals surface area contributed by atoms with Gasteiger partial charge in [0.15, 0.2) is 4.32 Å². The number of amides is 1. The van der Waals surface area contributed by atoms with E-state index < -0.39 is 17.8 Å². The molecule has 2 N–H and O–H groups in total. The number of rotatable bonds is 5. The van der Waals surface area contributed by atoms with E-state index in [0.717, 1.165) is 28.3 Å². The molecule has 1 amide bonds. The summed E-state index contributed by atoms with van der Waals surface area (Å²) in [5.41, 5.74) is 0.320. The van der Waals surface area contributed by atoms with Crippen LogP contribution >= 0.6 is 24.0 Å².